The highest BCUT2D eigenvalue weighted by Crippen LogP contribution is 2.33. The molecule has 28 heavy (non-hydrogen) atoms. The lowest BCUT2D eigenvalue weighted by atomic mass is 10.0. The number of aliphatic hydroxyl groups excluding tert-OH is 1. The number of rotatable bonds is 6. The van der Waals surface area contributed by atoms with Crippen LogP contribution in [0.5, 0.6) is 0 Å². The van der Waals surface area contributed by atoms with E-state index in [4.69, 9.17) is 16.7 Å². The molecule has 1 aliphatic rings. The van der Waals surface area contributed by atoms with E-state index in [0.717, 1.165) is 18.4 Å². The monoisotopic (exact) mass is 422 g/mol. The number of carbonyl (C=O) groups is 1. The van der Waals surface area contributed by atoms with E-state index in [0.29, 0.717) is 18.8 Å². The van der Waals surface area contributed by atoms with Crippen LogP contribution in [0.25, 0.3) is 0 Å². The molecule has 1 heterocycles. The number of likely N-dealkylation sites (N-methyl/N-ethyl adjacent to an activating group) is 1. The predicted molar refractivity (Wildman–Crippen MR) is 109 cm³/mol. The molecule has 1 aliphatic heterocycles. The molecular formula is C20H23ClN2O4S. The van der Waals surface area contributed by atoms with Crippen molar-refractivity contribution in [2.75, 3.05) is 30.5 Å². The fraction of sp³-hybridized carbons (Fsp3) is 0.350. The van der Waals surface area contributed by atoms with Crippen molar-refractivity contribution >= 4 is 33.2 Å². The topological polar surface area (TPSA) is 77.9 Å². The van der Waals surface area contributed by atoms with Gasteiger partial charge in [0.15, 0.2) is 0 Å². The van der Waals surface area contributed by atoms with Crippen molar-refractivity contribution in [3.8, 4) is 0 Å². The van der Waals surface area contributed by atoms with Crippen LogP contribution in [0.3, 0.4) is 0 Å². The lowest BCUT2D eigenvalue weighted by molar-refractivity contribution is 0.0732. The second kappa shape index (κ2) is 8.51. The molecule has 0 spiro atoms. The highest BCUT2D eigenvalue weighted by atomic mass is 35.5. The lowest BCUT2D eigenvalue weighted by Gasteiger charge is -2.30. The summed E-state index contributed by atoms with van der Waals surface area (Å²) in [5.41, 5.74) is 1.78. The Morgan fingerprint density at radius 1 is 1.25 bits per heavy atom. The number of sulfonamides is 1. The van der Waals surface area contributed by atoms with Gasteiger partial charge in [-0.05, 0) is 49.6 Å². The third-order valence-electron chi connectivity index (χ3n) is 4.86. The number of fused-ring (bicyclic) bond motifs is 1. The molecule has 1 amide bonds. The van der Waals surface area contributed by atoms with Gasteiger partial charge in [-0.2, -0.15) is 0 Å². The molecule has 0 bridgehead atoms. The van der Waals surface area contributed by atoms with Gasteiger partial charge in [-0.1, -0.05) is 29.8 Å². The van der Waals surface area contributed by atoms with Crippen molar-refractivity contribution in [2.24, 2.45) is 0 Å². The second-order valence-electron chi connectivity index (χ2n) is 6.56. The van der Waals surface area contributed by atoms with Gasteiger partial charge in [-0.25, -0.2) is 8.42 Å². The van der Waals surface area contributed by atoms with Crippen LogP contribution in [-0.2, 0) is 16.4 Å². The van der Waals surface area contributed by atoms with Crippen molar-refractivity contribution in [3.63, 3.8) is 0 Å². The summed E-state index contributed by atoms with van der Waals surface area (Å²) < 4.78 is 28.0. The van der Waals surface area contributed by atoms with Gasteiger partial charge >= 0.3 is 0 Å². The van der Waals surface area contributed by atoms with E-state index < -0.39 is 15.9 Å². The number of aryl methyl sites for hydroxylation is 1. The zero-order valence-corrected chi connectivity index (χ0v) is 17.2. The van der Waals surface area contributed by atoms with Crippen LogP contribution < -0.4 is 4.31 Å². The Labute approximate surface area is 170 Å². The Hall–Kier alpha value is -2.09. The average molecular weight is 423 g/mol. The molecule has 0 unspecified atom stereocenters. The molecule has 3 rings (SSSR count). The summed E-state index contributed by atoms with van der Waals surface area (Å²) in [7, 11) is -3.84. The predicted octanol–water partition coefficient (Wildman–Crippen LogP) is 2.94. The van der Waals surface area contributed by atoms with Gasteiger partial charge in [0.25, 0.3) is 15.9 Å². The number of para-hydroxylation sites is 1. The number of hydrogen-bond donors (Lipinski definition) is 1. The minimum absolute atomic E-state index is 0.0250. The summed E-state index contributed by atoms with van der Waals surface area (Å²) >= 11 is 6.19. The summed E-state index contributed by atoms with van der Waals surface area (Å²) in [5, 5.41) is 9.33. The van der Waals surface area contributed by atoms with Crippen molar-refractivity contribution in [1.82, 2.24) is 4.90 Å². The van der Waals surface area contributed by atoms with Gasteiger partial charge in [0.2, 0.25) is 0 Å². The highest BCUT2D eigenvalue weighted by molar-refractivity contribution is 7.92. The van der Waals surface area contributed by atoms with Crippen molar-refractivity contribution in [1.29, 1.82) is 0 Å². The Morgan fingerprint density at radius 2 is 2.00 bits per heavy atom. The van der Waals surface area contributed by atoms with E-state index in [1.807, 2.05) is 18.2 Å². The Morgan fingerprint density at radius 3 is 2.71 bits per heavy atom. The third kappa shape index (κ3) is 3.87. The third-order valence-corrected chi connectivity index (χ3v) is 7.00. The molecule has 0 radical (unpaired) electrons. The van der Waals surface area contributed by atoms with Crippen molar-refractivity contribution < 1.29 is 18.3 Å². The van der Waals surface area contributed by atoms with Crippen LogP contribution in [0.15, 0.2) is 47.4 Å². The fourth-order valence-corrected chi connectivity index (χ4v) is 5.17. The van der Waals surface area contributed by atoms with Gasteiger partial charge < -0.3 is 10.0 Å². The minimum Gasteiger partial charge on any atom is -0.395 e. The van der Waals surface area contributed by atoms with Crippen LogP contribution >= 0.6 is 11.6 Å². The second-order valence-corrected chi connectivity index (χ2v) is 8.83. The summed E-state index contributed by atoms with van der Waals surface area (Å²) in [5.74, 6) is -0.405. The van der Waals surface area contributed by atoms with E-state index in [9.17, 15) is 13.2 Å². The maximum absolute atomic E-state index is 13.3. The number of aliphatic hydroxyl groups is 1. The van der Waals surface area contributed by atoms with Crippen molar-refractivity contribution in [2.45, 2.75) is 24.7 Å². The molecule has 0 saturated heterocycles. The maximum Gasteiger partial charge on any atom is 0.264 e. The van der Waals surface area contributed by atoms with Gasteiger partial charge in [-0.3, -0.25) is 9.10 Å². The lowest BCUT2D eigenvalue weighted by Crippen LogP contribution is -2.36. The average Bonchev–Trinajstić information content (AvgIpc) is 2.71. The number of nitrogens with zero attached hydrogens (tertiary/aromatic N) is 2. The molecular weight excluding hydrogens is 400 g/mol. The first-order chi connectivity index (χ1) is 13.4. The molecule has 8 heteroatoms. The summed E-state index contributed by atoms with van der Waals surface area (Å²) in [6, 6.07) is 11.6. The first-order valence-corrected chi connectivity index (χ1v) is 11.0. The molecule has 2 aromatic rings. The zero-order chi connectivity index (χ0) is 20.3. The molecule has 150 valence electrons. The molecule has 1 N–H and O–H groups in total. The van der Waals surface area contributed by atoms with Crippen LogP contribution in [0, 0.1) is 0 Å². The van der Waals surface area contributed by atoms with E-state index in [2.05, 4.69) is 0 Å². The maximum atomic E-state index is 13.3. The highest BCUT2D eigenvalue weighted by Gasteiger charge is 2.30. The van der Waals surface area contributed by atoms with E-state index >= 15 is 0 Å². The van der Waals surface area contributed by atoms with Gasteiger partial charge in [-0.15, -0.1) is 0 Å². The normalized spacial score (nSPS) is 13.9. The van der Waals surface area contributed by atoms with Crippen molar-refractivity contribution in [3.05, 3.63) is 58.6 Å². The Balaban J connectivity index is 2.02. The smallest absolute Gasteiger partial charge is 0.264 e. The fourth-order valence-electron chi connectivity index (χ4n) is 3.40. The molecule has 0 saturated carbocycles. The molecule has 2 aromatic carbocycles. The summed E-state index contributed by atoms with van der Waals surface area (Å²) in [6.45, 7) is 2.53. The molecule has 0 fully saturated rings. The Bertz CT molecular complexity index is 978. The number of amides is 1. The van der Waals surface area contributed by atoms with Crippen LogP contribution in [0.1, 0.15) is 29.3 Å². The summed E-state index contributed by atoms with van der Waals surface area (Å²) in [6.07, 6.45) is 1.56. The first kappa shape index (κ1) is 20.6. The van der Waals surface area contributed by atoms with Crippen LogP contribution in [0.4, 0.5) is 5.69 Å². The van der Waals surface area contributed by atoms with E-state index in [1.165, 1.54) is 27.4 Å². The summed E-state index contributed by atoms with van der Waals surface area (Å²) in [4.78, 5) is 14.2. The zero-order valence-electron chi connectivity index (χ0n) is 15.6. The quantitative estimate of drug-likeness (QED) is 0.776. The van der Waals surface area contributed by atoms with Crippen LogP contribution in [0.2, 0.25) is 5.02 Å². The largest absolute Gasteiger partial charge is 0.395 e. The molecule has 6 nitrogen and oxygen atoms in total. The van der Waals surface area contributed by atoms with Gasteiger partial charge in [0, 0.05) is 19.6 Å². The Kier molecular flexibility index (Phi) is 6.27. The number of hydrogen-bond acceptors (Lipinski definition) is 4. The van der Waals surface area contributed by atoms with Gasteiger partial charge in [0.05, 0.1) is 27.8 Å². The molecule has 0 aromatic heterocycles. The van der Waals surface area contributed by atoms with E-state index in [-0.39, 0.29) is 28.6 Å². The van der Waals surface area contributed by atoms with E-state index in [1.54, 1.807) is 13.0 Å². The number of anilines is 1. The number of carbonyl (C=O) groups excluding carboxylic acids is 1. The number of halogens is 1. The van der Waals surface area contributed by atoms with Gasteiger partial charge in [0.1, 0.15) is 0 Å². The van der Waals surface area contributed by atoms with Crippen LogP contribution in [-0.4, -0.2) is 50.6 Å². The minimum atomic E-state index is -3.84. The molecule has 0 aliphatic carbocycles. The molecule has 0 atom stereocenters. The standard InChI is InChI=1S/C20H23ClN2O4S/c1-2-22(12-13-24)20(25)17-14-16(9-10-18(17)21)28(26,27)23-11-5-7-15-6-3-4-8-19(15)23/h3-4,6,8-10,14,24H,2,5,7,11-13H2,1H3. The first-order valence-electron chi connectivity index (χ1n) is 9.20. The number of benzene rings is 2. The SMILES string of the molecule is CCN(CCO)C(=O)c1cc(S(=O)(=O)N2CCCc3ccccc32)ccc1Cl.